The summed E-state index contributed by atoms with van der Waals surface area (Å²) >= 11 is 0. The highest BCUT2D eigenvalue weighted by Gasteiger charge is 2.11. The minimum absolute atomic E-state index is 0.600. The van der Waals surface area contributed by atoms with E-state index in [4.69, 9.17) is 5.26 Å². The maximum absolute atomic E-state index is 8.94. The minimum atomic E-state index is 0.600. The van der Waals surface area contributed by atoms with Crippen molar-refractivity contribution >= 4 is 17.0 Å². The van der Waals surface area contributed by atoms with Gasteiger partial charge in [0.1, 0.15) is 0 Å². The van der Waals surface area contributed by atoms with Gasteiger partial charge in [-0.25, -0.2) is 4.98 Å². The molecule has 2 aromatic heterocycles. The molecule has 0 spiro atoms. The van der Waals surface area contributed by atoms with Crippen LogP contribution in [0.1, 0.15) is 11.1 Å². The molecular formula is C19H16N6. The predicted molar refractivity (Wildman–Crippen MR) is 96.8 cm³/mol. The van der Waals surface area contributed by atoms with Crippen molar-refractivity contribution in [3.8, 4) is 17.3 Å². The summed E-state index contributed by atoms with van der Waals surface area (Å²) in [6.45, 7) is 0.600. The monoisotopic (exact) mass is 328 g/mol. The van der Waals surface area contributed by atoms with Crippen molar-refractivity contribution in [3.63, 3.8) is 0 Å². The van der Waals surface area contributed by atoms with Crippen molar-refractivity contribution in [1.29, 1.82) is 5.26 Å². The van der Waals surface area contributed by atoms with Crippen LogP contribution < -0.4 is 5.32 Å². The van der Waals surface area contributed by atoms with Crippen LogP contribution >= 0.6 is 0 Å². The highest BCUT2D eigenvalue weighted by Crippen LogP contribution is 2.23. The molecule has 6 nitrogen and oxygen atoms in total. The van der Waals surface area contributed by atoms with Gasteiger partial charge in [0, 0.05) is 30.9 Å². The van der Waals surface area contributed by atoms with E-state index in [9.17, 15) is 0 Å². The van der Waals surface area contributed by atoms with E-state index in [0.29, 0.717) is 12.1 Å². The van der Waals surface area contributed by atoms with Crippen LogP contribution in [0.3, 0.4) is 0 Å². The Morgan fingerprint density at radius 3 is 2.72 bits per heavy atom. The first-order chi connectivity index (χ1) is 12.2. The van der Waals surface area contributed by atoms with Gasteiger partial charge in [-0.3, -0.25) is 4.68 Å². The number of aryl methyl sites for hydroxylation is 1. The summed E-state index contributed by atoms with van der Waals surface area (Å²) in [7, 11) is 1.90. The van der Waals surface area contributed by atoms with Crippen molar-refractivity contribution in [2.24, 2.45) is 7.05 Å². The number of imidazole rings is 1. The Labute approximate surface area is 144 Å². The van der Waals surface area contributed by atoms with E-state index >= 15 is 0 Å². The Balaban J connectivity index is 1.59. The van der Waals surface area contributed by atoms with Crippen LogP contribution in [0.4, 0.5) is 5.95 Å². The lowest BCUT2D eigenvalue weighted by Gasteiger charge is -2.04. The number of H-pyrrole nitrogens is 1. The molecule has 0 radical (unpaired) electrons. The highest BCUT2D eigenvalue weighted by molar-refractivity contribution is 5.77. The third kappa shape index (κ3) is 2.95. The molecule has 0 atom stereocenters. The number of aromatic amines is 1. The lowest BCUT2D eigenvalue weighted by atomic mass is 10.1. The molecule has 0 bridgehead atoms. The van der Waals surface area contributed by atoms with Crippen LogP contribution in [0.15, 0.2) is 54.7 Å². The summed E-state index contributed by atoms with van der Waals surface area (Å²) in [6, 6.07) is 17.5. The zero-order valence-electron chi connectivity index (χ0n) is 13.7. The Morgan fingerprint density at radius 1 is 1.16 bits per heavy atom. The Morgan fingerprint density at radius 2 is 1.96 bits per heavy atom. The van der Waals surface area contributed by atoms with Crippen molar-refractivity contribution in [1.82, 2.24) is 19.7 Å². The van der Waals surface area contributed by atoms with Crippen LogP contribution in [-0.4, -0.2) is 19.7 Å². The number of para-hydroxylation sites is 2. The van der Waals surface area contributed by atoms with E-state index in [2.05, 4.69) is 26.5 Å². The lowest BCUT2D eigenvalue weighted by Crippen LogP contribution is -2.01. The lowest BCUT2D eigenvalue weighted by molar-refractivity contribution is 0.770. The molecule has 0 aliphatic heterocycles. The number of nitrogens with one attached hydrogen (secondary N) is 2. The molecule has 0 fully saturated rings. The first-order valence-electron chi connectivity index (χ1n) is 7.94. The summed E-state index contributed by atoms with van der Waals surface area (Å²) < 4.78 is 1.79. The average Bonchev–Trinajstić information content (AvgIpc) is 3.22. The van der Waals surface area contributed by atoms with Gasteiger partial charge in [0.15, 0.2) is 0 Å². The van der Waals surface area contributed by atoms with Gasteiger partial charge < -0.3 is 10.3 Å². The molecule has 2 N–H and O–H groups in total. The van der Waals surface area contributed by atoms with E-state index in [1.165, 1.54) is 0 Å². The zero-order chi connectivity index (χ0) is 17.2. The summed E-state index contributed by atoms with van der Waals surface area (Å²) in [4.78, 5) is 7.79. The van der Waals surface area contributed by atoms with Gasteiger partial charge in [-0.1, -0.05) is 24.3 Å². The number of nitrogens with zero attached hydrogens (tertiary/aromatic N) is 4. The van der Waals surface area contributed by atoms with E-state index in [1.807, 2.05) is 49.6 Å². The van der Waals surface area contributed by atoms with Crippen LogP contribution in [-0.2, 0) is 13.6 Å². The molecule has 122 valence electrons. The average molecular weight is 328 g/mol. The van der Waals surface area contributed by atoms with Gasteiger partial charge in [-0.15, -0.1) is 0 Å². The predicted octanol–water partition coefficient (Wildman–Crippen LogP) is 3.45. The van der Waals surface area contributed by atoms with E-state index in [-0.39, 0.29) is 0 Å². The second-order valence-corrected chi connectivity index (χ2v) is 5.82. The van der Waals surface area contributed by atoms with Crippen LogP contribution in [0.25, 0.3) is 22.3 Å². The van der Waals surface area contributed by atoms with Crippen LogP contribution in [0, 0.1) is 11.3 Å². The van der Waals surface area contributed by atoms with Gasteiger partial charge in [-0.2, -0.15) is 10.4 Å². The Bertz CT molecular complexity index is 1030. The largest absolute Gasteiger partial charge is 0.352 e. The van der Waals surface area contributed by atoms with Gasteiger partial charge in [-0.05, 0) is 24.3 Å². The standard InChI is InChI=1S/C19H16N6/c1-25-12-15(18(24-25)14-8-6-13(10-20)7-9-14)11-21-19-22-16-4-2-3-5-17(16)23-19/h2-9,12H,11H2,1H3,(H2,21,22,23). The fourth-order valence-electron chi connectivity index (χ4n) is 2.83. The maximum Gasteiger partial charge on any atom is 0.201 e. The molecule has 0 unspecified atom stereocenters. The van der Waals surface area contributed by atoms with E-state index in [0.717, 1.165) is 33.8 Å². The topological polar surface area (TPSA) is 82.3 Å². The third-order valence-electron chi connectivity index (χ3n) is 4.03. The SMILES string of the molecule is Cn1cc(CNc2nc3ccccc3[nH]2)c(-c2ccc(C#N)cc2)n1. The molecule has 2 heterocycles. The number of anilines is 1. The summed E-state index contributed by atoms with van der Waals surface area (Å²) in [5.41, 5.74) is 5.53. The number of nitriles is 1. The number of aromatic nitrogens is 4. The number of fused-ring (bicyclic) bond motifs is 1. The number of rotatable bonds is 4. The Hall–Kier alpha value is -3.59. The number of hydrogen-bond acceptors (Lipinski definition) is 4. The van der Waals surface area contributed by atoms with E-state index < -0.39 is 0 Å². The van der Waals surface area contributed by atoms with Gasteiger partial charge in [0.05, 0.1) is 28.4 Å². The molecule has 4 rings (SSSR count). The van der Waals surface area contributed by atoms with Crippen molar-refractivity contribution < 1.29 is 0 Å². The molecule has 0 aliphatic rings. The molecule has 0 saturated heterocycles. The maximum atomic E-state index is 8.94. The zero-order valence-corrected chi connectivity index (χ0v) is 13.7. The molecule has 0 saturated carbocycles. The normalized spacial score (nSPS) is 10.7. The molecule has 0 amide bonds. The minimum Gasteiger partial charge on any atom is -0.352 e. The highest BCUT2D eigenvalue weighted by atomic mass is 15.3. The van der Waals surface area contributed by atoms with Crippen LogP contribution in [0.5, 0.6) is 0 Å². The van der Waals surface area contributed by atoms with Crippen molar-refractivity contribution in [3.05, 3.63) is 65.9 Å². The quantitative estimate of drug-likeness (QED) is 0.601. The second kappa shape index (κ2) is 6.13. The molecular weight excluding hydrogens is 312 g/mol. The summed E-state index contributed by atoms with van der Waals surface area (Å²) in [5, 5.41) is 16.8. The van der Waals surface area contributed by atoms with E-state index in [1.54, 1.807) is 16.8 Å². The van der Waals surface area contributed by atoms with Gasteiger partial charge in [0.2, 0.25) is 5.95 Å². The molecule has 4 aromatic rings. The Kier molecular flexibility index (Phi) is 3.67. The third-order valence-corrected chi connectivity index (χ3v) is 4.03. The molecule has 25 heavy (non-hydrogen) atoms. The summed E-state index contributed by atoms with van der Waals surface area (Å²) in [5.74, 6) is 0.732. The smallest absolute Gasteiger partial charge is 0.201 e. The molecule has 6 heteroatoms. The van der Waals surface area contributed by atoms with Gasteiger partial charge >= 0.3 is 0 Å². The van der Waals surface area contributed by atoms with Crippen molar-refractivity contribution in [2.45, 2.75) is 6.54 Å². The number of benzene rings is 2. The second-order valence-electron chi connectivity index (χ2n) is 5.82. The first kappa shape index (κ1) is 15.0. The molecule has 0 aliphatic carbocycles. The summed E-state index contributed by atoms with van der Waals surface area (Å²) in [6.07, 6.45) is 1.99. The van der Waals surface area contributed by atoms with Crippen molar-refractivity contribution in [2.75, 3.05) is 5.32 Å². The van der Waals surface area contributed by atoms with Crippen LogP contribution in [0.2, 0.25) is 0 Å². The number of hydrogen-bond donors (Lipinski definition) is 2. The fraction of sp³-hybridized carbons (Fsp3) is 0.105. The fourth-order valence-corrected chi connectivity index (χ4v) is 2.83. The molecule has 2 aromatic carbocycles. The first-order valence-corrected chi connectivity index (χ1v) is 7.94. The van der Waals surface area contributed by atoms with Gasteiger partial charge in [0.25, 0.3) is 0 Å².